The van der Waals surface area contributed by atoms with Gasteiger partial charge in [-0.15, -0.1) is 12.4 Å². The van der Waals surface area contributed by atoms with Crippen molar-refractivity contribution in [2.45, 2.75) is 51.0 Å². The van der Waals surface area contributed by atoms with Crippen molar-refractivity contribution < 1.29 is 22.0 Å². The second-order valence-corrected chi connectivity index (χ2v) is 11.2. The third-order valence-corrected chi connectivity index (χ3v) is 9.25. The number of sulfonamides is 1. The molecule has 0 N–H and O–H groups in total. The summed E-state index contributed by atoms with van der Waals surface area (Å²) in [6, 6.07) is 3.50. The molecule has 1 aromatic carbocycles. The van der Waals surface area contributed by atoms with Gasteiger partial charge in [-0.25, -0.2) is 17.2 Å². The molecule has 0 aromatic heterocycles. The highest BCUT2D eigenvalue weighted by Crippen LogP contribution is 2.59. The number of piperazine rings is 1. The molecular formula is C22H31ClF2N2O3S. The molecule has 1 saturated heterocycles. The van der Waals surface area contributed by atoms with Gasteiger partial charge in [0.1, 0.15) is 11.6 Å². The molecule has 1 aromatic rings. The molecule has 0 spiro atoms. The molecule has 3 aliphatic rings. The summed E-state index contributed by atoms with van der Waals surface area (Å²) in [6.45, 7) is 4.09. The van der Waals surface area contributed by atoms with Crippen molar-refractivity contribution in [2.24, 2.45) is 11.8 Å². The monoisotopic (exact) mass is 476 g/mol. The van der Waals surface area contributed by atoms with Crippen LogP contribution >= 0.6 is 12.4 Å². The predicted octanol–water partition coefficient (Wildman–Crippen LogP) is 3.88. The SMILES string of the molecule is CCCS(=O)(=O)N1CCN(C2(CCC(=O)c3c(F)cccc3F)CC3CC3C2)CC1.Cl. The smallest absolute Gasteiger partial charge is 0.214 e. The second kappa shape index (κ2) is 9.41. The summed E-state index contributed by atoms with van der Waals surface area (Å²) in [5.41, 5.74) is -0.600. The van der Waals surface area contributed by atoms with Crippen LogP contribution in [-0.4, -0.2) is 60.9 Å². The van der Waals surface area contributed by atoms with Crippen LogP contribution in [0.15, 0.2) is 18.2 Å². The number of nitrogens with zero attached hydrogens (tertiary/aromatic N) is 2. The molecule has 9 heteroatoms. The lowest BCUT2D eigenvalue weighted by Gasteiger charge is -2.47. The number of ketones is 1. The molecule has 174 valence electrons. The van der Waals surface area contributed by atoms with Gasteiger partial charge >= 0.3 is 0 Å². The van der Waals surface area contributed by atoms with Crippen LogP contribution in [0, 0.1) is 23.5 Å². The van der Waals surface area contributed by atoms with E-state index in [4.69, 9.17) is 0 Å². The van der Waals surface area contributed by atoms with Crippen LogP contribution in [0.5, 0.6) is 0 Å². The molecular weight excluding hydrogens is 446 g/mol. The van der Waals surface area contributed by atoms with E-state index in [1.165, 1.54) is 12.5 Å². The summed E-state index contributed by atoms with van der Waals surface area (Å²) < 4.78 is 54.3. The van der Waals surface area contributed by atoms with Gasteiger partial charge in [-0.1, -0.05) is 13.0 Å². The Kier molecular flexibility index (Phi) is 7.46. The number of hydrogen-bond acceptors (Lipinski definition) is 4. The van der Waals surface area contributed by atoms with Crippen LogP contribution in [0.4, 0.5) is 8.78 Å². The minimum absolute atomic E-state index is 0. The maximum atomic E-state index is 14.0. The normalized spacial score (nSPS) is 28.7. The molecule has 2 aliphatic carbocycles. The largest absolute Gasteiger partial charge is 0.295 e. The van der Waals surface area contributed by atoms with E-state index in [1.54, 1.807) is 4.31 Å². The second-order valence-electron chi connectivity index (χ2n) is 9.11. The standard InChI is InChI=1S/C22H30F2N2O3S.ClH/c1-2-12-30(28,29)26-10-8-25(9-11-26)22(14-16-13-17(16)15-22)7-6-20(27)21-18(23)4-3-5-19(21)24;/h3-5,16-17H,2,6-15H2,1H3;1H. The minimum atomic E-state index is -3.20. The van der Waals surface area contributed by atoms with E-state index in [0.29, 0.717) is 50.9 Å². The molecule has 0 bridgehead atoms. The van der Waals surface area contributed by atoms with E-state index < -0.39 is 33.0 Å². The molecule has 5 nitrogen and oxygen atoms in total. The Morgan fingerprint density at radius 3 is 2.23 bits per heavy atom. The number of carbonyl (C=O) groups is 1. The van der Waals surface area contributed by atoms with Gasteiger partial charge in [-0.05, 0) is 56.1 Å². The molecule has 2 atom stereocenters. The van der Waals surface area contributed by atoms with Crippen molar-refractivity contribution in [1.29, 1.82) is 0 Å². The van der Waals surface area contributed by atoms with Gasteiger partial charge in [0.05, 0.1) is 11.3 Å². The molecule has 0 radical (unpaired) electrons. The van der Waals surface area contributed by atoms with Crippen molar-refractivity contribution in [3.8, 4) is 0 Å². The molecule has 1 heterocycles. The first-order chi connectivity index (χ1) is 14.3. The summed E-state index contributed by atoms with van der Waals surface area (Å²) in [4.78, 5) is 15.0. The van der Waals surface area contributed by atoms with Crippen molar-refractivity contribution in [3.63, 3.8) is 0 Å². The Labute approximate surface area is 189 Å². The molecule has 31 heavy (non-hydrogen) atoms. The van der Waals surface area contributed by atoms with Crippen LogP contribution in [0.2, 0.25) is 0 Å². The summed E-state index contributed by atoms with van der Waals surface area (Å²) >= 11 is 0. The quantitative estimate of drug-likeness (QED) is 0.534. The van der Waals surface area contributed by atoms with E-state index in [0.717, 1.165) is 25.0 Å². The highest BCUT2D eigenvalue weighted by atomic mass is 35.5. The van der Waals surface area contributed by atoms with E-state index in [2.05, 4.69) is 4.90 Å². The zero-order valence-electron chi connectivity index (χ0n) is 17.9. The van der Waals surface area contributed by atoms with Gasteiger partial charge in [0.2, 0.25) is 10.0 Å². The van der Waals surface area contributed by atoms with Crippen molar-refractivity contribution >= 4 is 28.2 Å². The highest BCUT2D eigenvalue weighted by Gasteiger charge is 2.56. The Hall–Kier alpha value is -1.09. The number of benzene rings is 1. The molecule has 2 saturated carbocycles. The molecule has 3 fully saturated rings. The fraction of sp³-hybridized carbons (Fsp3) is 0.682. The van der Waals surface area contributed by atoms with Crippen molar-refractivity contribution in [1.82, 2.24) is 9.21 Å². The molecule has 4 rings (SSSR count). The maximum Gasteiger partial charge on any atom is 0.214 e. The third-order valence-electron chi connectivity index (χ3n) is 7.18. The lowest BCUT2D eigenvalue weighted by Crippen LogP contribution is -2.57. The summed E-state index contributed by atoms with van der Waals surface area (Å²) in [5.74, 6) is -0.588. The number of halogens is 3. The zero-order valence-corrected chi connectivity index (χ0v) is 19.5. The number of Topliss-reactive ketones (excluding diaryl/α,β-unsaturated/α-hetero) is 1. The minimum Gasteiger partial charge on any atom is -0.295 e. The van der Waals surface area contributed by atoms with Crippen LogP contribution in [0.25, 0.3) is 0 Å². The zero-order chi connectivity index (χ0) is 21.5. The molecule has 1 aliphatic heterocycles. The number of fused-ring (bicyclic) bond motifs is 1. The topological polar surface area (TPSA) is 57.7 Å². The van der Waals surface area contributed by atoms with Gasteiger partial charge in [-0.3, -0.25) is 9.69 Å². The van der Waals surface area contributed by atoms with Crippen LogP contribution < -0.4 is 0 Å². The first kappa shape index (κ1) is 24.6. The van der Waals surface area contributed by atoms with Gasteiger partial charge in [-0.2, -0.15) is 4.31 Å². The third kappa shape index (κ3) is 4.97. The van der Waals surface area contributed by atoms with E-state index in [9.17, 15) is 22.0 Å². The fourth-order valence-corrected chi connectivity index (χ4v) is 7.05. The predicted molar refractivity (Wildman–Crippen MR) is 118 cm³/mol. The number of rotatable bonds is 8. The Balaban J connectivity index is 0.00000272. The highest BCUT2D eigenvalue weighted by molar-refractivity contribution is 7.89. The Bertz CT molecular complexity index is 889. The average Bonchev–Trinajstić information content (AvgIpc) is 3.32. The van der Waals surface area contributed by atoms with E-state index in [1.807, 2.05) is 6.92 Å². The van der Waals surface area contributed by atoms with Gasteiger partial charge in [0.15, 0.2) is 5.78 Å². The first-order valence-electron chi connectivity index (χ1n) is 11.0. The Morgan fingerprint density at radius 1 is 1.10 bits per heavy atom. The molecule has 0 amide bonds. The van der Waals surface area contributed by atoms with Crippen molar-refractivity contribution in [2.75, 3.05) is 31.9 Å². The van der Waals surface area contributed by atoms with Gasteiger partial charge in [0.25, 0.3) is 0 Å². The summed E-state index contributed by atoms with van der Waals surface area (Å²) in [5, 5.41) is 0. The molecule has 2 unspecified atom stereocenters. The van der Waals surface area contributed by atoms with E-state index in [-0.39, 0.29) is 30.1 Å². The average molecular weight is 477 g/mol. The first-order valence-corrected chi connectivity index (χ1v) is 12.6. The number of carbonyl (C=O) groups excluding carboxylic acids is 1. The van der Waals surface area contributed by atoms with Crippen LogP contribution in [0.1, 0.15) is 55.8 Å². The number of hydrogen-bond donors (Lipinski definition) is 0. The summed E-state index contributed by atoms with van der Waals surface area (Å²) in [6.07, 6.45) is 4.48. The fourth-order valence-electron chi connectivity index (χ4n) is 5.55. The van der Waals surface area contributed by atoms with E-state index >= 15 is 0 Å². The lowest BCUT2D eigenvalue weighted by molar-refractivity contribution is 0.0389. The van der Waals surface area contributed by atoms with Gasteiger partial charge in [0, 0.05) is 38.1 Å². The van der Waals surface area contributed by atoms with Crippen LogP contribution in [0.3, 0.4) is 0 Å². The van der Waals surface area contributed by atoms with Crippen LogP contribution in [-0.2, 0) is 10.0 Å². The summed E-state index contributed by atoms with van der Waals surface area (Å²) in [7, 11) is -3.20. The lowest BCUT2D eigenvalue weighted by atomic mass is 9.84. The van der Waals surface area contributed by atoms with Gasteiger partial charge < -0.3 is 0 Å². The Morgan fingerprint density at radius 2 is 1.68 bits per heavy atom. The maximum absolute atomic E-state index is 14.0. The van der Waals surface area contributed by atoms with Crippen molar-refractivity contribution in [3.05, 3.63) is 35.4 Å².